The van der Waals surface area contributed by atoms with Gasteiger partial charge in [0.05, 0.1) is 36.5 Å². The number of thioether (sulfide) groups is 1. The maximum Gasteiger partial charge on any atom is 0.233 e. The van der Waals surface area contributed by atoms with Crippen LogP contribution in [0.4, 0.5) is 0 Å². The lowest BCUT2D eigenvalue weighted by atomic mass is 10.2. The standard InChI is InChI=1S/C19H21N5O2S/c1-13-3-5-15(6-4-13)24-18-16(11-20-24)14(2)21-22-19(18)27-12-17(25)23-7-9-26-10-8-23/h3-6,11H,7-10,12H2,1-2H3. The van der Waals surface area contributed by atoms with Crippen LogP contribution in [0.2, 0.25) is 0 Å². The van der Waals surface area contributed by atoms with E-state index in [1.54, 1.807) is 0 Å². The van der Waals surface area contributed by atoms with Crippen LogP contribution in [-0.2, 0) is 9.53 Å². The molecule has 1 aromatic carbocycles. The van der Waals surface area contributed by atoms with Gasteiger partial charge in [-0.25, -0.2) is 4.68 Å². The van der Waals surface area contributed by atoms with E-state index in [4.69, 9.17) is 4.74 Å². The minimum Gasteiger partial charge on any atom is -0.378 e. The highest BCUT2D eigenvalue weighted by Crippen LogP contribution is 2.29. The minimum atomic E-state index is 0.0974. The van der Waals surface area contributed by atoms with Crippen molar-refractivity contribution in [2.24, 2.45) is 0 Å². The number of fused-ring (bicyclic) bond motifs is 1. The van der Waals surface area contributed by atoms with E-state index in [1.165, 1.54) is 17.3 Å². The monoisotopic (exact) mass is 383 g/mol. The van der Waals surface area contributed by atoms with Crippen LogP contribution in [0.3, 0.4) is 0 Å². The molecule has 1 amide bonds. The number of benzene rings is 1. The summed E-state index contributed by atoms with van der Waals surface area (Å²) < 4.78 is 7.18. The zero-order valence-electron chi connectivity index (χ0n) is 15.4. The van der Waals surface area contributed by atoms with Crippen LogP contribution in [-0.4, -0.2) is 62.8 Å². The van der Waals surface area contributed by atoms with Crippen molar-refractivity contribution in [1.29, 1.82) is 0 Å². The lowest BCUT2D eigenvalue weighted by Gasteiger charge is -2.26. The van der Waals surface area contributed by atoms with Crippen LogP contribution >= 0.6 is 11.8 Å². The third-order valence-electron chi connectivity index (χ3n) is 4.63. The van der Waals surface area contributed by atoms with E-state index < -0.39 is 0 Å². The molecule has 1 fully saturated rings. The Morgan fingerprint density at radius 2 is 1.89 bits per heavy atom. The maximum atomic E-state index is 12.5. The summed E-state index contributed by atoms with van der Waals surface area (Å²) in [5.74, 6) is 0.423. The number of aromatic nitrogens is 4. The van der Waals surface area contributed by atoms with Gasteiger partial charge in [-0.1, -0.05) is 29.5 Å². The molecule has 3 heterocycles. The van der Waals surface area contributed by atoms with E-state index in [-0.39, 0.29) is 5.91 Å². The second-order valence-electron chi connectivity index (χ2n) is 6.53. The molecule has 0 atom stereocenters. The Labute approximate surface area is 161 Å². The molecular formula is C19H21N5O2S. The molecule has 0 saturated carbocycles. The molecule has 0 unspecified atom stereocenters. The lowest BCUT2D eigenvalue weighted by molar-refractivity contribution is -0.132. The maximum absolute atomic E-state index is 12.5. The fourth-order valence-electron chi connectivity index (χ4n) is 3.05. The van der Waals surface area contributed by atoms with Crippen LogP contribution in [0.15, 0.2) is 35.5 Å². The van der Waals surface area contributed by atoms with Gasteiger partial charge >= 0.3 is 0 Å². The first kappa shape index (κ1) is 17.9. The summed E-state index contributed by atoms with van der Waals surface area (Å²) in [6.07, 6.45) is 1.81. The number of ether oxygens (including phenoxy) is 1. The molecule has 1 saturated heterocycles. The fourth-order valence-corrected chi connectivity index (χ4v) is 3.93. The number of hydrogen-bond donors (Lipinski definition) is 0. The topological polar surface area (TPSA) is 73.1 Å². The fraction of sp³-hybridized carbons (Fsp3) is 0.368. The zero-order valence-corrected chi connectivity index (χ0v) is 16.2. The SMILES string of the molecule is Cc1ccc(-n2ncc3c(C)nnc(SCC(=O)N4CCOCC4)c32)cc1. The van der Waals surface area contributed by atoms with Gasteiger partial charge in [-0.05, 0) is 26.0 Å². The molecule has 140 valence electrons. The van der Waals surface area contributed by atoms with E-state index in [0.717, 1.165) is 27.3 Å². The Morgan fingerprint density at radius 3 is 2.63 bits per heavy atom. The van der Waals surface area contributed by atoms with Gasteiger partial charge in [0.15, 0.2) is 0 Å². The quantitative estimate of drug-likeness (QED) is 0.644. The molecule has 0 bridgehead atoms. The van der Waals surface area contributed by atoms with Gasteiger partial charge < -0.3 is 9.64 Å². The van der Waals surface area contributed by atoms with E-state index in [9.17, 15) is 4.79 Å². The van der Waals surface area contributed by atoms with Crippen molar-refractivity contribution in [1.82, 2.24) is 24.9 Å². The molecular weight excluding hydrogens is 362 g/mol. The van der Waals surface area contributed by atoms with E-state index >= 15 is 0 Å². The number of hydrogen-bond acceptors (Lipinski definition) is 6. The van der Waals surface area contributed by atoms with Crippen molar-refractivity contribution in [3.63, 3.8) is 0 Å². The third-order valence-corrected chi connectivity index (χ3v) is 5.57. The van der Waals surface area contributed by atoms with Gasteiger partial charge in [-0.15, -0.1) is 5.10 Å². The van der Waals surface area contributed by atoms with Gasteiger partial charge in [0, 0.05) is 18.5 Å². The van der Waals surface area contributed by atoms with Gasteiger partial charge in [0.25, 0.3) is 0 Å². The van der Waals surface area contributed by atoms with Crippen LogP contribution < -0.4 is 0 Å². The van der Waals surface area contributed by atoms with Gasteiger partial charge in [-0.2, -0.15) is 10.2 Å². The first-order chi connectivity index (χ1) is 13.1. The highest BCUT2D eigenvalue weighted by atomic mass is 32.2. The van der Waals surface area contributed by atoms with Crippen molar-refractivity contribution in [3.05, 3.63) is 41.7 Å². The van der Waals surface area contributed by atoms with E-state index in [2.05, 4.69) is 34.4 Å². The van der Waals surface area contributed by atoms with Gasteiger partial charge in [0.2, 0.25) is 5.91 Å². The average molecular weight is 383 g/mol. The third kappa shape index (κ3) is 3.68. The van der Waals surface area contributed by atoms with E-state index in [1.807, 2.05) is 34.8 Å². The van der Waals surface area contributed by atoms with Crippen LogP contribution in [0.5, 0.6) is 0 Å². The van der Waals surface area contributed by atoms with Crippen molar-refractivity contribution >= 4 is 28.6 Å². The molecule has 3 aromatic rings. The first-order valence-electron chi connectivity index (χ1n) is 8.90. The van der Waals surface area contributed by atoms with Crippen molar-refractivity contribution in [2.45, 2.75) is 18.9 Å². The molecule has 1 aliphatic rings. The number of amides is 1. The average Bonchev–Trinajstić information content (AvgIpc) is 3.15. The molecule has 8 heteroatoms. The molecule has 7 nitrogen and oxygen atoms in total. The number of morpholine rings is 1. The zero-order chi connectivity index (χ0) is 18.8. The summed E-state index contributed by atoms with van der Waals surface area (Å²) in [6.45, 7) is 6.48. The molecule has 0 N–H and O–H groups in total. The summed E-state index contributed by atoms with van der Waals surface area (Å²) in [5, 5.41) is 14.8. The van der Waals surface area contributed by atoms with Crippen LogP contribution in [0.25, 0.3) is 16.6 Å². The number of carbonyl (C=O) groups is 1. The second kappa shape index (κ2) is 7.66. The predicted molar refractivity (Wildman–Crippen MR) is 104 cm³/mol. The number of nitrogens with zero attached hydrogens (tertiary/aromatic N) is 5. The number of aryl methyl sites for hydroxylation is 2. The Bertz CT molecular complexity index is 964. The predicted octanol–water partition coefficient (Wildman–Crippen LogP) is 2.38. The highest BCUT2D eigenvalue weighted by molar-refractivity contribution is 8.00. The molecule has 27 heavy (non-hydrogen) atoms. The minimum absolute atomic E-state index is 0.0974. The van der Waals surface area contributed by atoms with Crippen LogP contribution in [0.1, 0.15) is 11.3 Å². The van der Waals surface area contributed by atoms with Crippen molar-refractivity contribution in [2.75, 3.05) is 32.1 Å². The van der Waals surface area contributed by atoms with Crippen LogP contribution in [0, 0.1) is 13.8 Å². The summed E-state index contributed by atoms with van der Waals surface area (Å²) >= 11 is 1.41. The molecule has 0 aliphatic carbocycles. The summed E-state index contributed by atoms with van der Waals surface area (Å²) in [4.78, 5) is 14.3. The lowest BCUT2D eigenvalue weighted by Crippen LogP contribution is -2.41. The van der Waals surface area contributed by atoms with Crippen molar-refractivity contribution < 1.29 is 9.53 Å². The molecule has 2 aromatic heterocycles. The normalized spacial score (nSPS) is 14.7. The molecule has 4 rings (SSSR count). The highest BCUT2D eigenvalue weighted by Gasteiger charge is 2.20. The largest absolute Gasteiger partial charge is 0.378 e. The summed E-state index contributed by atoms with van der Waals surface area (Å²) in [6, 6.07) is 8.17. The molecule has 0 radical (unpaired) electrons. The van der Waals surface area contributed by atoms with Gasteiger partial charge in [-0.3, -0.25) is 4.79 Å². The van der Waals surface area contributed by atoms with E-state index in [0.29, 0.717) is 32.1 Å². The summed E-state index contributed by atoms with van der Waals surface area (Å²) in [7, 11) is 0. The second-order valence-corrected chi connectivity index (χ2v) is 7.49. The number of rotatable bonds is 4. The van der Waals surface area contributed by atoms with Crippen molar-refractivity contribution in [3.8, 4) is 5.69 Å². The molecule has 1 aliphatic heterocycles. The smallest absolute Gasteiger partial charge is 0.233 e. The molecule has 0 spiro atoms. The Kier molecular flexibility index (Phi) is 5.09. The van der Waals surface area contributed by atoms with Gasteiger partial charge in [0.1, 0.15) is 10.5 Å². The Morgan fingerprint density at radius 1 is 1.15 bits per heavy atom. The Balaban J connectivity index is 1.64. The summed E-state index contributed by atoms with van der Waals surface area (Å²) in [5.41, 5.74) is 3.87. The first-order valence-corrected chi connectivity index (χ1v) is 9.88. The number of carbonyl (C=O) groups excluding carboxylic acids is 1. The Hall–Kier alpha value is -2.45.